The van der Waals surface area contributed by atoms with Gasteiger partial charge in [0.15, 0.2) is 0 Å². The lowest BCUT2D eigenvalue weighted by atomic mass is 9.65. The molecule has 2 fully saturated rings. The molecular formula is C15H20ClNO. The third-order valence-electron chi connectivity index (χ3n) is 4.51. The SMILES string of the molecule is Clc1ccc(C2CNCCC23CCCOC3)cc1. The highest BCUT2D eigenvalue weighted by atomic mass is 35.5. The largest absolute Gasteiger partial charge is 0.381 e. The third kappa shape index (κ3) is 2.29. The maximum Gasteiger partial charge on any atom is 0.0529 e. The Kier molecular flexibility index (Phi) is 3.60. The van der Waals surface area contributed by atoms with Gasteiger partial charge in [-0.1, -0.05) is 23.7 Å². The van der Waals surface area contributed by atoms with Crippen molar-refractivity contribution in [1.29, 1.82) is 0 Å². The molecule has 0 amide bonds. The molecular weight excluding hydrogens is 246 g/mol. The molecule has 98 valence electrons. The summed E-state index contributed by atoms with van der Waals surface area (Å²) in [6, 6.07) is 8.36. The molecule has 0 radical (unpaired) electrons. The van der Waals surface area contributed by atoms with Gasteiger partial charge in [0.25, 0.3) is 0 Å². The van der Waals surface area contributed by atoms with E-state index in [4.69, 9.17) is 16.3 Å². The lowest BCUT2D eigenvalue weighted by Gasteiger charge is -2.47. The maximum absolute atomic E-state index is 5.99. The molecule has 2 saturated heterocycles. The van der Waals surface area contributed by atoms with Crippen molar-refractivity contribution in [2.75, 3.05) is 26.3 Å². The van der Waals surface area contributed by atoms with E-state index in [1.807, 2.05) is 12.1 Å². The van der Waals surface area contributed by atoms with Crippen LogP contribution in [0.4, 0.5) is 0 Å². The predicted molar refractivity (Wildman–Crippen MR) is 74.2 cm³/mol. The second-order valence-electron chi connectivity index (χ2n) is 5.58. The second kappa shape index (κ2) is 5.20. The average molecular weight is 266 g/mol. The van der Waals surface area contributed by atoms with Crippen molar-refractivity contribution in [3.8, 4) is 0 Å². The molecule has 2 aliphatic heterocycles. The van der Waals surface area contributed by atoms with Crippen molar-refractivity contribution >= 4 is 11.6 Å². The number of piperidine rings is 1. The molecule has 2 atom stereocenters. The van der Waals surface area contributed by atoms with E-state index in [0.717, 1.165) is 31.3 Å². The van der Waals surface area contributed by atoms with Gasteiger partial charge in [0.05, 0.1) is 6.61 Å². The number of benzene rings is 1. The zero-order valence-electron chi connectivity index (χ0n) is 10.6. The minimum absolute atomic E-state index is 0.345. The lowest BCUT2D eigenvalue weighted by Crippen LogP contribution is -2.48. The predicted octanol–water partition coefficient (Wildman–Crippen LogP) is 3.21. The Morgan fingerprint density at radius 2 is 2.06 bits per heavy atom. The van der Waals surface area contributed by atoms with Gasteiger partial charge in [-0.3, -0.25) is 0 Å². The summed E-state index contributed by atoms with van der Waals surface area (Å²) in [5, 5.41) is 4.35. The monoisotopic (exact) mass is 265 g/mol. The van der Waals surface area contributed by atoms with E-state index in [1.165, 1.54) is 24.8 Å². The van der Waals surface area contributed by atoms with E-state index in [0.29, 0.717) is 11.3 Å². The molecule has 18 heavy (non-hydrogen) atoms. The molecule has 2 heterocycles. The maximum atomic E-state index is 5.99. The molecule has 0 bridgehead atoms. The molecule has 2 aliphatic rings. The summed E-state index contributed by atoms with van der Waals surface area (Å²) in [5.41, 5.74) is 1.74. The van der Waals surface area contributed by atoms with Gasteiger partial charge in [-0.25, -0.2) is 0 Å². The molecule has 1 aromatic rings. The van der Waals surface area contributed by atoms with Gasteiger partial charge < -0.3 is 10.1 Å². The minimum atomic E-state index is 0.345. The first-order valence-corrected chi connectivity index (χ1v) is 7.22. The summed E-state index contributed by atoms with van der Waals surface area (Å²) in [6.07, 6.45) is 3.71. The summed E-state index contributed by atoms with van der Waals surface area (Å²) in [7, 11) is 0. The normalized spacial score (nSPS) is 32.6. The van der Waals surface area contributed by atoms with Gasteiger partial charge >= 0.3 is 0 Å². The second-order valence-corrected chi connectivity index (χ2v) is 6.01. The van der Waals surface area contributed by atoms with Crippen LogP contribution in [0.1, 0.15) is 30.7 Å². The van der Waals surface area contributed by atoms with Gasteiger partial charge in [-0.05, 0) is 43.5 Å². The zero-order chi connectivity index (χ0) is 12.4. The van der Waals surface area contributed by atoms with Crippen LogP contribution >= 0.6 is 11.6 Å². The van der Waals surface area contributed by atoms with Crippen LogP contribution in [-0.4, -0.2) is 26.3 Å². The van der Waals surface area contributed by atoms with Crippen molar-refractivity contribution in [3.63, 3.8) is 0 Å². The summed E-state index contributed by atoms with van der Waals surface area (Å²) in [4.78, 5) is 0. The molecule has 2 nitrogen and oxygen atoms in total. The molecule has 0 saturated carbocycles. The Morgan fingerprint density at radius 3 is 2.78 bits per heavy atom. The topological polar surface area (TPSA) is 21.3 Å². The van der Waals surface area contributed by atoms with Crippen molar-refractivity contribution in [3.05, 3.63) is 34.9 Å². The number of nitrogens with one attached hydrogen (secondary N) is 1. The fourth-order valence-corrected chi connectivity index (χ4v) is 3.61. The Labute approximate surface area is 114 Å². The fraction of sp³-hybridized carbons (Fsp3) is 0.600. The Morgan fingerprint density at radius 1 is 1.22 bits per heavy atom. The molecule has 3 heteroatoms. The van der Waals surface area contributed by atoms with E-state index in [1.54, 1.807) is 0 Å². The molecule has 0 aliphatic carbocycles. The third-order valence-corrected chi connectivity index (χ3v) is 4.76. The van der Waals surface area contributed by atoms with E-state index >= 15 is 0 Å². The number of rotatable bonds is 1. The standard InChI is InChI=1S/C15H20ClNO/c16-13-4-2-12(3-5-13)14-10-17-8-7-15(14)6-1-9-18-11-15/h2-5,14,17H,1,6-11H2. The summed E-state index contributed by atoms with van der Waals surface area (Å²) >= 11 is 5.99. The van der Waals surface area contributed by atoms with Crippen LogP contribution in [0.25, 0.3) is 0 Å². The van der Waals surface area contributed by atoms with Crippen LogP contribution < -0.4 is 5.32 Å². The highest BCUT2D eigenvalue weighted by molar-refractivity contribution is 6.30. The number of hydrogen-bond donors (Lipinski definition) is 1. The van der Waals surface area contributed by atoms with E-state index in [2.05, 4.69) is 17.4 Å². The van der Waals surface area contributed by atoms with E-state index in [-0.39, 0.29) is 0 Å². The first-order valence-electron chi connectivity index (χ1n) is 6.84. The van der Waals surface area contributed by atoms with Gasteiger partial charge in [-0.2, -0.15) is 0 Å². The van der Waals surface area contributed by atoms with Gasteiger partial charge in [0.2, 0.25) is 0 Å². The molecule has 1 spiro atoms. The van der Waals surface area contributed by atoms with E-state index < -0.39 is 0 Å². The van der Waals surface area contributed by atoms with Gasteiger partial charge in [-0.15, -0.1) is 0 Å². The van der Waals surface area contributed by atoms with Crippen LogP contribution in [0.15, 0.2) is 24.3 Å². The van der Waals surface area contributed by atoms with E-state index in [9.17, 15) is 0 Å². The fourth-order valence-electron chi connectivity index (χ4n) is 3.49. The van der Waals surface area contributed by atoms with Crippen molar-refractivity contribution < 1.29 is 4.74 Å². The first kappa shape index (κ1) is 12.5. The van der Waals surface area contributed by atoms with Crippen LogP contribution in [0, 0.1) is 5.41 Å². The van der Waals surface area contributed by atoms with Gasteiger partial charge in [0, 0.05) is 29.5 Å². The summed E-state index contributed by atoms with van der Waals surface area (Å²) in [5.74, 6) is 0.559. The summed E-state index contributed by atoms with van der Waals surface area (Å²) in [6.45, 7) is 4.03. The first-order chi connectivity index (χ1) is 8.80. The highest BCUT2D eigenvalue weighted by Crippen LogP contribution is 2.46. The van der Waals surface area contributed by atoms with Crippen LogP contribution in [0.3, 0.4) is 0 Å². The molecule has 1 aromatic carbocycles. The number of halogens is 1. The average Bonchev–Trinajstić information content (AvgIpc) is 2.42. The zero-order valence-corrected chi connectivity index (χ0v) is 11.4. The van der Waals surface area contributed by atoms with Crippen LogP contribution in [0.2, 0.25) is 5.02 Å². The highest BCUT2D eigenvalue weighted by Gasteiger charge is 2.42. The van der Waals surface area contributed by atoms with Crippen molar-refractivity contribution in [2.45, 2.75) is 25.2 Å². The molecule has 1 N–H and O–H groups in total. The van der Waals surface area contributed by atoms with Crippen LogP contribution in [0.5, 0.6) is 0 Å². The Bertz CT molecular complexity index is 389. The smallest absolute Gasteiger partial charge is 0.0529 e. The Hall–Kier alpha value is -0.570. The summed E-state index contributed by atoms with van der Waals surface area (Å²) < 4.78 is 5.78. The lowest BCUT2D eigenvalue weighted by molar-refractivity contribution is -0.0369. The quantitative estimate of drug-likeness (QED) is 0.842. The molecule has 3 rings (SSSR count). The Balaban J connectivity index is 1.89. The van der Waals surface area contributed by atoms with Crippen molar-refractivity contribution in [2.24, 2.45) is 5.41 Å². The van der Waals surface area contributed by atoms with Gasteiger partial charge in [0.1, 0.15) is 0 Å². The minimum Gasteiger partial charge on any atom is -0.381 e. The number of ether oxygens (including phenoxy) is 1. The van der Waals surface area contributed by atoms with Crippen LogP contribution in [-0.2, 0) is 4.74 Å². The molecule has 2 unspecified atom stereocenters. The molecule has 0 aromatic heterocycles. The number of hydrogen-bond acceptors (Lipinski definition) is 2. The van der Waals surface area contributed by atoms with Crippen molar-refractivity contribution in [1.82, 2.24) is 5.32 Å².